The van der Waals surface area contributed by atoms with Gasteiger partial charge in [-0.15, -0.1) is 0 Å². The van der Waals surface area contributed by atoms with E-state index in [2.05, 4.69) is 45.4 Å². The largest absolute Gasteiger partial charge is 0.468 e. The van der Waals surface area contributed by atoms with E-state index in [0.29, 0.717) is 0 Å². The van der Waals surface area contributed by atoms with Gasteiger partial charge in [0.05, 0.1) is 18.8 Å². The standard InChI is InChI=1S/C23H42N6O/c1-3-24-23(25-11-8-13-28-14-9-12-27(2)17-18-28)26-20-21(22-10-7-19-30-22)29-15-5-4-6-16-29/h7,10,19,21H,3-6,8-9,11-18,20H2,1-2H3,(H2,24,25,26). The van der Waals surface area contributed by atoms with Crippen LogP contribution >= 0.6 is 0 Å². The summed E-state index contributed by atoms with van der Waals surface area (Å²) in [4.78, 5) is 12.5. The molecule has 2 aliphatic heterocycles. The lowest BCUT2D eigenvalue weighted by Crippen LogP contribution is -2.40. The zero-order valence-electron chi connectivity index (χ0n) is 19.1. The molecule has 1 atom stereocenters. The predicted molar refractivity (Wildman–Crippen MR) is 124 cm³/mol. The second kappa shape index (κ2) is 13.0. The molecular weight excluding hydrogens is 376 g/mol. The lowest BCUT2D eigenvalue weighted by molar-refractivity contribution is 0.150. The van der Waals surface area contributed by atoms with E-state index in [4.69, 9.17) is 9.41 Å². The lowest BCUT2D eigenvalue weighted by Gasteiger charge is -2.32. The number of piperidine rings is 1. The average molecular weight is 419 g/mol. The van der Waals surface area contributed by atoms with Crippen molar-refractivity contribution >= 4 is 5.96 Å². The molecular formula is C23H42N6O. The summed E-state index contributed by atoms with van der Waals surface area (Å²) in [6.07, 6.45) is 8.07. The minimum atomic E-state index is 0.227. The molecule has 170 valence electrons. The van der Waals surface area contributed by atoms with Crippen molar-refractivity contribution in [3.8, 4) is 0 Å². The maximum absolute atomic E-state index is 5.76. The Morgan fingerprint density at radius 3 is 2.70 bits per heavy atom. The molecule has 1 aromatic rings. The van der Waals surface area contributed by atoms with Crippen molar-refractivity contribution in [2.75, 3.05) is 72.5 Å². The van der Waals surface area contributed by atoms with Gasteiger partial charge in [-0.05, 0) is 84.5 Å². The van der Waals surface area contributed by atoms with Crippen LogP contribution in [0.1, 0.15) is 50.8 Å². The Morgan fingerprint density at radius 2 is 1.93 bits per heavy atom. The van der Waals surface area contributed by atoms with E-state index in [9.17, 15) is 0 Å². The number of likely N-dealkylation sites (N-methyl/N-ethyl adjacent to an activating group) is 1. The second-order valence-electron chi connectivity index (χ2n) is 8.63. The number of likely N-dealkylation sites (tertiary alicyclic amines) is 1. The van der Waals surface area contributed by atoms with Gasteiger partial charge in [0, 0.05) is 26.2 Å². The topological polar surface area (TPSA) is 59.3 Å². The quantitative estimate of drug-likeness (QED) is 0.365. The lowest BCUT2D eigenvalue weighted by atomic mass is 10.1. The monoisotopic (exact) mass is 418 g/mol. The van der Waals surface area contributed by atoms with Crippen LogP contribution in [0.5, 0.6) is 0 Å². The summed E-state index contributed by atoms with van der Waals surface area (Å²) < 4.78 is 5.76. The number of nitrogens with one attached hydrogen (secondary N) is 2. The van der Waals surface area contributed by atoms with Crippen LogP contribution in [0.3, 0.4) is 0 Å². The molecule has 7 nitrogen and oxygen atoms in total. The Hall–Kier alpha value is -1.57. The third-order valence-electron chi connectivity index (χ3n) is 6.23. The summed E-state index contributed by atoms with van der Waals surface area (Å²) in [6, 6.07) is 4.30. The summed E-state index contributed by atoms with van der Waals surface area (Å²) in [5, 5.41) is 6.95. The molecule has 2 aliphatic rings. The van der Waals surface area contributed by atoms with Crippen molar-refractivity contribution in [2.45, 2.75) is 45.1 Å². The normalized spacial score (nSPS) is 21.3. The molecule has 0 aliphatic carbocycles. The van der Waals surface area contributed by atoms with Gasteiger partial charge in [-0.2, -0.15) is 0 Å². The number of furan rings is 1. The minimum absolute atomic E-state index is 0.227. The molecule has 0 bridgehead atoms. The fourth-order valence-corrected chi connectivity index (χ4v) is 4.45. The molecule has 0 amide bonds. The Balaban J connectivity index is 1.48. The molecule has 0 saturated carbocycles. The SMILES string of the molecule is CCNC(=NCC(c1ccco1)N1CCCCC1)NCCCN1CCCN(C)CC1. The first kappa shape index (κ1) is 23.1. The summed E-state index contributed by atoms with van der Waals surface area (Å²) in [7, 11) is 2.23. The minimum Gasteiger partial charge on any atom is -0.468 e. The van der Waals surface area contributed by atoms with Crippen molar-refractivity contribution in [3.63, 3.8) is 0 Å². The number of hydrogen-bond acceptors (Lipinski definition) is 5. The fourth-order valence-electron chi connectivity index (χ4n) is 4.45. The van der Waals surface area contributed by atoms with Crippen LogP contribution < -0.4 is 10.6 Å². The van der Waals surface area contributed by atoms with Gasteiger partial charge in [-0.25, -0.2) is 0 Å². The molecule has 1 aromatic heterocycles. The van der Waals surface area contributed by atoms with Gasteiger partial charge >= 0.3 is 0 Å². The van der Waals surface area contributed by atoms with E-state index in [0.717, 1.165) is 57.4 Å². The Labute approximate surface area is 182 Å². The third kappa shape index (κ3) is 7.60. The highest BCUT2D eigenvalue weighted by molar-refractivity contribution is 5.79. The zero-order valence-corrected chi connectivity index (χ0v) is 19.1. The highest BCUT2D eigenvalue weighted by atomic mass is 16.3. The van der Waals surface area contributed by atoms with Crippen molar-refractivity contribution in [2.24, 2.45) is 4.99 Å². The summed E-state index contributed by atoms with van der Waals surface area (Å²) in [6.45, 7) is 12.9. The molecule has 0 aromatic carbocycles. The number of rotatable bonds is 9. The van der Waals surface area contributed by atoms with E-state index < -0.39 is 0 Å². The van der Waals surface area contributed by atoms with Crippen LogP contribution in [0.25, 0.3) is 0 Å². The van der Waals surface area contributed by atoms with E-state index in [1.54, 1.807) is 6.26 Å². The van der Waals surface area contributed by atoms with Crippen molar-refractivity contribution < 1.29 is 4.42 Å². The van der Waals surface area contributed by atoms with Crippen LogP contribution in [-0.4, -0.2) is 93.2 Å². The summed E-state index contributed by atoms with van der Waals surface area (Å²) in [5.41, 5.74) is 0. The van der Waals surface area contributed by atoms with Crippen LogP contribution in [-0.2, 0) is 0 Å². The zero-order chi connectivity index (χ0) is 21.0. The molecule has 0 radical (unpaired) electrons. The second-order valence-corrected chi connectivity index (χ2v) is 8.63. The average Bonchev–Trinajstić information content (AvgIpc) is 3.21. The molecule has 3 heterocycles. The maximum Gasteiger partial charge on any atom is 0.191 e. The highest BCUT2D eigenvalue weighted by Crippen LogP contribution is 2.25. The van der Waals surface area contributed by atoms with E-state index in [-0.39, 0.29) is 6.04 Å². The van der Waals surface area contributed by atoms with Crippen molar-refractivity contribution in [1.29, 1.82) is 0 Å². The molecule has 2 saturated heterocycles. The van der Waals surface area contributed by atoms with Crippen LogP contribution in [0, 0.1) is 0 Å². The van der Waals surface area contributed by atoms with Crippen molar-refractivity contribution in [1.82, 2.24) is 25.3 Å². The number of aliphatic imine (C=N–C) groups is 1. The van der Waals surface area contributed by atoms with Gasteiger partial charge in [-0.1, -0.05) is 6.42 Å². The fraction of sp³-hybridized carbons (Fsp3) is 0.783. The van der Waals surface area contributed by atoms with Gasteiger partial charge in [0.1, 0.15) is 5.76 Å². The van der Waals surface area contributed by atoms with E-state index in [1.807, 2.05) is 6.07 Å². The Kier molecular flexibility index (Phi) is 9.99. The molecule has 2 N–H and O–H groups in total. The predicted octanol–water partition coefficient (Wildman–Crippen LogP) is 2.39. The molecule has 2 fully saturated rings. The van der Waals surface area contributed by atoms with Gasteiger partial charge < -0.3 is 24.9 Å². The molecule has 1 unspecified atom stereocenters. The number of guanidine groups is 1. The molecule has 30 heavy (non-hydrogen) atoms. The van der Waals surface area contributed by atoms with Crippen LogP contribution in [0.15, 0.2) is 27.8 Å². The Morgan fingerprint density at radius 1 is 1.07 bits per heavy atom. The summed E-state index contributed by atoms with van der Waals surface area (Å²) in [5.74, 6) is 1.95. The highest BCUT2D eigenvalue weighted by Gasteiger charge is 2.24. The van der Waals surface area contributed by atoms with Crippen molar-refractivity contribution in [3.05, 3.63) is 24.2 Å². The van der Waals surface area contributed by atoms with Crippen LogP contribution in [0.2, 0.25) is 0 Å². The third-order valence-corrected chi connectivity index (χ3v) is 6.23. The number of hydrogen-bond donors (Lipinski definition) is 2. The van der Waals surface area contributed by atoms with Gasteiger partial charge in [-0.3, -0.25) is 9.89 Å². The van der Waals surface area contributed by atoms with E-state index in [1.165, 1.54) is 51.9 Å². The first-order valence-corrected chi connectivity index (χ1v) is 12.0. The van der Waals surface area contributed by atoms with Gasteiger partial charge in [0.15, 0.2) is 5.96 Å². The molecule has 3 rings (SSSR count). The molecule has 0 spiro atoms. The van der Waals surface area contributed by atoms with E-state index >= 15 is 0 Å². The smallest absolute Gasteiger partial charge is 0.191 e. The first-order valence-electron chi connectivity index (χ1n) is 12.0. The molecule has 7 heteroatoms. The van der Waals surface area contributed by atoms with Crippen LogP contribution in [0.4, 0.5) is 0 Å². The first-order chi connectivity index (χ1) is 14.8. The maximum atomic E-state index is 5.76. The number of nitrogens with zero attached hydrogens (tertiary/aromatic N) is 4. The Bertz CT molecular complexity index is 599. The summed E-state index contributed by atoms with van der Waals surface area (Å²) >= 11 is 0. The van der Waals surface area contributed by atoms with Gasteiger partial charge in [0.25, 0.3) is 0 Å². The van der Waals surface area contributed by atoms with Gasteiger partial charge in [0.2, 0.25) is 0 Å².